The van der Waals surface area contributed by atoms with Crippen LogP contribution in [0.4, 0.5) is 10.5 Å². The number of hydrogen-bond donors (Lipinski definition) is 4. The van der Waals surface area contributed by atoms with Gasteiger partial charge in [-0.25, -0.2) is 4.79 Å². The average Bonchev–Trinajstić information content (AvgIpc) is 3.70. The summed E-state index contributed by atoms with van der Waals surface area (Å²) in [5, 5.41) is 19.6. The second kappa shape index (κ2) is 14.8. The number of anilines is 1. The number of rotatable bonds is 12. The van der Waals surface area contributed by atoms with Crippen LogP contribution in [0.3, 0.4) is 0 Å². The van der Waals surface area contributed by atoms with Crippen molar-refractivity contribution in [1.29, 1.82) is 0 Å². The van der Waals surface area contributed by atoms with Gasteiger partial charge in [-0.2, -0.15) is 0 Å². The molecule has 2 saturated carbocycles. The van der Waals surface area contributed by atoms with Crippen molar-refractivity contribution in [1.82, 2.24) is 20.9 Å². The van der Waals surface area contributed by atoms with E-state index in [-0.39, 0.29) is 37.4 Å². The smallest absolute Gasteiger partial charge is 0.415 e. The largest absolute Gasteiger partial charge is 0.439 e. The molecule has 4 N–H and O–H groups in total. The topological polar surface area (TPSA) is 157 Å². The molecule has 12 heteroatoms. The molecule has 1 spiro atoms. The van der Waals surface area contributed by atoms with E-state index in [9.17, 15) is 29.1 Å². The number of nitrogens with zero attached hydrogens (tertiary/aromatic N) is 2. The van der Waals surface area contributed by atoms with Crippen LogP contribution in [0.15, 0.2) is 30.3 Å². The highest BCUT2D eigenvalue weighted by Gasteiger charge is 2.58. The van der Waals surface area contributed by atoms with Crippen LogP contribution in [-0.2, 0) is 23.9 Å². The third-order valence-electron chi connectivity index (χ3n) is 10.1. The normalized spacial score (nSPS) is 24.9. The van der Waals surface area contributed by atoms with E-state index in [4.69, 9.17) is 4.74 Å². The number of amides is 5. The van der Waals surface area contributed by atoms with Crippen molar-refractivity contribution in [2.24, 2.45) is 11.3 Å². The summed E-state index contributed by atoms with van der Waals surface area (Å²) in [5.41, 5.74) is -1.23. The number of ether oxygens (including phenoxy) is 1. The summed E-state index contributed by atoms with van der Waals surface area (Å²) in [5.74, 6) is -1.44. The van der Waals surface area contributed by atoms with Crippen molar-refractivity contribution in [2.45, 2.75) is 134 Å². The summed E-state index contributed by atoms with van der Waals surface area (Å²) in [6.07, 6.45) is 6.34. The van der Waals surface area contributed by atoms with Gasteiger partial charge in [0.05, 0.1) is 19.1 Å². The molecule has 0 bridgehead atoms. The summed E-state index contributed by atoms with van der Waals surface area (Å²) in [4.78, 5) is 70.9. The monoisotopic (exact) mass is 667 g/mol. The molecule has 5 rings (SSSR count). The Morgan fingerprint density at radius 1 is 1.00 bits per heavy atom. The lowest BCUT2D eigenvalue weighted by molar-refractivity contribution is -0.145. The lowest BCUT2D eigenvalue weighted by Crippen LogP contribution is -2.59. The molecule has 264 valence electrons. The summed E-state index contributed by atoms with van der Waals surface area (Å²) in [6, 6.07) is 6.22. The van der Waals surface area contributed by atoms with Gasteiger partial charge < -0.3 is 30.7 Å². The Morgan fingerprint density at radius 3 is 2.31 bits per heavy atom. The van der Waals surface area contributed by atoms with Gasteiger partial charge in [0.15, 0.2) is 11.7 Å². The van der Waals surface area contributed by atoms with Crippen LogP contribution in [0.1, 0.15) is 98.3 Å². The highest BCUT2D eigenvalue weighted by molar-refractivity contribution is 5.95. The van der Waals surface area contributed by atoms with Crippen LogP contribution in [0, 0.1) is 11.3 Å². The minimum Gasteiger partial charge on any atom is -0.439 e. The fraction of sp³-hybridized carbons (Fsp3) is 0.694. The van der Waals surface area contributed by atoms with Crippen molar-refractivity contribution >= 4 is 35.4 Å². The van der Waals surface area contributed by atoms with Gasteiger partial charge >= 0.3 is 6.09 Å². The third kappa shape index (κ3) is 8.48. The maximum atomic E-state index is 14.6. The molecule has 4 aliphatic rings. The Hall–Kier alpha value is -3.67. The number of carbonyl (C=O) groups excluding carboxylic acids is 5. The van der Waals surface area contributed by atoms with Crippen LogP contribution >= 0.6 is 0 Å². The molecule has 0 radical (unpaired) electrons. The van der Waals surface area contributed by atoms with Gasteiger partial charge in [-0.3, -0.25) is 24.1 Å². The van der Waals surface area contributed by atoms with Gasteiger partial charge in [-0.15, -0.1) is 0 Å². The minimum absolute atomic E-state index is 0.0236. The first kappa shape index (κ1) is 35.6. The van der Waals surface area contributed by atoms with Crippen LogP contribution in [-0.4, -0.2) is 88.7 Å². The van der Waals surface area contributed by atoms with Crippen LogP contribution in [0.5, 0.6) is 0 Å². The van der Waals surface area contributed by atoms with Gasteiger partial charge in [-0.05, 0) is 55.6 Å². The second-order valence-corrected chi connectivity index (χ2v) is 15.4. The molecule has 5 amide bonds. The molecular formula is C36H53N5O7. The maximum Gasteiger partial charge on any atom is 0.415 e. The predicted molar refractivity (Wildman–Crippen MR) is 180 cm³/mol. The molecule has 0 aromatic heterocycles. The minimum atomic E-state index is -1.46. The molecule has 2 saturated heterocycles. The second-order valence-electron chi connectivity index (χ2n) is 15.4. The Kier molecular flexibility index (Phi) is 11.0. The fourth-order valence-electron chi connectivity index (χ4n) is 7.32. The van der Waals surface area contributed by atoms with E-state index in [1.165, 1.54) is 16.2 Å². The zero-order chi connectivity index (χ0) is 34.6. The number of benzene rings is 1. The molecule has 1 aromatic rings. The van der Waals surface area contributed by atoms with Gasteiger partial charge in [0.25, 0.3) is 5.91 Å². The van der Waals surface area contributed by atoms with Crippen molar-refractivity contribution in [3.8, 4) is 0 Å². The number of hydrogen-bond acceptors (Lipinski definition) is 7. The Balaban J connectivity index is 1.39. The molecule has 12 nitrogen and oxygen atoms in total. The van der Waals surface area contributed by atoms with E-state index in [0.29, 0.717) is 24.9 Å². The van der Waals surface area contributed by atoms with Crippen LogP contribution in [0.25, 0.3) is 0 Å². The van der Waals surface area contributed by atoms with Crippen molar-refractivity contribution in [3.05, 3.63) is 30.3 Å². The number of carbonyl (C=O) groups is 5. The van der Waals surface area contributed by atoms with Gasteiger partial charge in [0.2, 0.25) is 17.7 Å². The van der Waals surface area contributed by atoms with Crippen molar-refractivity contribution in [2.75, 3.05) is 18.0 Å². The average molecular weight is 668 g/mol. The highest BCUT2D eigenvalue weighted by atomic mass is 16.6. The summed E-state index contributed by atoms with van der Waals surface area (Å²) < 4.78 is 5.99. The van der Waals surface area contributed by atoms with Crippen molar-refractivity contribution in [3.63, 3.8) is 0 Å². The predicted octanol–water partition coefficient (Wildman–Crippen LogP) is 3.41. The third-order valence-corrected chi connectivity index (χ3v) is 10.1. The van der Waals surface area contributed by atoms with Gasteiger partial charge in [-0.1, -0.05) is 71.6 Å². The SMILES string of the molecule is CCC[C@H](NC(=O)[C@@H]1C[C@@]2(CN(c3ccccc3)C(=O)O2)CN1C(=O)[C@@H](NC(=O)CC1CCCCC1)C(C)(C)C)C(O)C(=O)NC1CC1. The molecule has 4 fully saturated rings. The molecule has 1 unspecified atom stereocenters. The number of nitrogens with one attached hydrogen (secondary N) is 3. The van der Waals surface area contributed by atoms with E-state index < -0.39 is 59.1 Å². The molecule has 1 aromatic carbocycles. The Morgan fingerprint density at radius 2 is 1.69 bits per heavy atom. The molecule has 2 aliphatic heterocycles. The first-order valence-corrected chi connectivity index (χ1v) is 17.7. The number of aliphatic hydroxyl groups excluding tert-OH is 1. The summed E-state index contributed by atoms with van der Waals surface area (Å²) in [6.45, 7) is 7.59. The van der Waals surface area contributed by atoms with E-state index in [2.05, 4.69) is 16.0 Å². The highest BCUT2D eigenvalue weighted by Crippen LogP contribution is 2.39. The van der Waals surface area contributed by atoms with E-state index in [1.54, 1.807) is 12.1 Å². The first-order chi connectivity index (χ1) is 22.8. The lowest BCUT2D eigenvalue weighted by Gasteiger charge is -2.36. The quantitative estimate of drug-likeness (QED) is 0.266. The zero-order valence-electron chi connectivity index (χ0n) is 28.8. The molecule has 2 aliphatic carbocycles. The Bertz CT molecular complexity index is 1340. The first-order valence-electron chi connectivity index (χ1n) is 17.7. The molecule has 48 heavy (non-hydrogen) atoms. The van der Waals surface area contributed by atoms with Crippen LogP contribution in [0.2, 0.25) is 0 Å². The fourth-order valence-corrected chi connectivity index (χ4v) is 7.32. The molecule has 5 atom stereocenters. The molecular weight excluding hydrogens is 614 g/mol. The lowest BCUT2D eigenvalue weighted by atomic mass is 9.84. The standard InChI is InChI=1S/C36H53N5O7/c1-5-12-26(29(43)32(45)37-24-17-18-24)38-31(44)27-20-36(21-40(34(47)48-36)25-15-10-7-11-16-25)22-41(27)33(46)30(35(2,3)4)39-28(42)19-23-13-8-6-9-14-23/h7,10-11,15-16,23-24,26-27,29-30,43H,5-6,8-9,12-14,17-22H2,1-4H3,(H,37,45)(H,38,44)(H,39,42)/t26-,27-,29?,30+,36+/m0/s1. The number of para-hydroxylation sites is 1. The maximum absolute atomic E-state index is 14.6. The zero-order valence-corrected chi connectivity index (χ0v) is 28.8. The van der Waals surface area contributed by atoms with E-state index in [1.807, 2.05) is 45.9 Å². The number of likely N-dealkylation sites (tertiary alicyclic amines) is 1. The van der Waals surface area contributed by atoms with Crippen LogP contribution < -0.4 is 20.9 Å². The molecule has 2 heterocycles. The van der Waals surface area contributed by atoms with Crippen molar-refractivity contribution < 1.29 is 33.8 Å². The van der Waals surface area contributed by atoms with E-state index >= 15 is 0 Å². The van der Waals surface area contributed by atoms with Gasteiger partial charge in [0.1, 0.15) is 12.1 Å². The Labute approximate surface area is 283 Å². The van der Waals surface area contributed by atoms with E-state index in [0.717, 1.165) is 38.5 Å². The van der Waals surface area contributed by atoms with Gasteiger partial charge in [0, 0.05) is 24.6 Å². The summed E-state index contributed by atoms with van der Waals surface area (Å²) >= 11 is 0. The summed E-state index contributed by atoms with van der Waals surface area (Å²) in [7, 11) is 0. The number of aliphatic hydroxyl groups is 1.